The van der Waals surface area contributed by atoms with Crippen LogP contribution in [0.5, 0.6) is 0 Å². The molecule has 4 fully saturated rings. The zero-order valence-electron chi connectivity index (χ0n) is 22.0. The van der Waals surface area contributed by atoms with E-state index in [0.29, 0.717) is 0 Å². The van der Waals surface area contributed by atoms with Crippen molar-refractivity contribution in [2.45, 2.75) is 86.5 Å². The molecule has 4 heterocycles. The number of rotatable bonds is 0. The molecule has 0 aromatic carbocycles. The molecule has 0 N–H and O–H groups in total. The van der Waals surface area contributed by atoms with Crippen LogP contribution >= 0.6 is 0 Å². The van der Waals surface area contributed by atoms with Gasteiger partial charge in [-0.3, -0.25) is 0 Å². The first kappa shape index (κ1) is 30.0. The molecule has 0 bridgehead atoms. The molecule has 8 nitrogen and oxygen atoms in total. The minimum atomic E-state index is -0.160. The molecule has 0 aliphatic carbocycles. The van der Waals surface area contributed by atoms with Gasteiger partial charge in [0.2, 0.25) is 0 Å². The van der Waals surface area contributed by atoms with Crippen LogP contribution in [0, 0.1) is 5.41 Å². The van der Waals surface area contributed by atoms with Gasteiger partial charge in [-0.25, -0.2) is 0 Å². The number of hydrogen-bond acceptors (Lipinski definition) is 8. The van der Waals surface area contributed by atoms with E-state index in [1.165, 1.54) is 0 Å². The van der Waals surface area contributed by atoms with Crippen molar-refractivity contribution in [3.63, 3.8) is 0 Å². The molecule has 12 heteroatoms. The van der Waals surface area contributed by atoms with Gasteiger partial charge in [0.15, 0.2) is 0 Å². The van der Waals surface area contributed by atoms with Crippen molar-refractivity contribution in [1.29, 1.82) is 0 Å². The van der Waals surface area contributed by atoms with Crippen molar-refractivity contribution in [2.75, 3.05) is 39.6 Å². The predicted octanol–water partition coefficient (Wildman–Crippen LogP) is 3.58. The molecular weight excluding hydrogens is 411 g/mol. The lowest BCUT2D eigenvalue weighted by molar-refractivity contribution is 0.00578. The first-order chi connectivity index (χ1) is 14.7. The van der Waals surface area contributed by atoms with Crippen molar-refractivity contribution in [2.24, 2.45) is 5.41 Å². The molecule has 0 amide bonds. The van der Waals surface area contributed by atoms with Gasteiger partial charge in [-0.15, -0.1) is 0 Å². The lowest BCUT2D eigenvalue weighted by Crippen LogP contribution is -2.41. The van der Waals surface area contributed by atoms with Crippen LogP contribution in [0.3, 0.4) is 0 Å². The van der Waals surface area contributed by atoms with Crippen LogP contribution in [0.25, 0.3) is 0 Å². The van der Waals surface area contributed by atoms with Crippen LogP contribution in [0.4, 0.5) is 0 Å². The Morgan fingerprint density at radius 2 is 0.812 bits per heavy atom. The van der Waals surface area contributed by atoms with E-state index in [-0.39, 0.29) is 45.1 Å². The van der Waals surface area contributed by atoms with E-state index in [2.05, 4.69) is 41.5 Å². The molecule has 32 heavy (non-hydrogen) atoms. The van der Waals surface area contributed by atoms with Crippen molar-refractivity contribution < 1.29 is 37.2 Å². The summed E-state index contributed by atoms with van der Waals surface area (Å²) >= 11 is 0. The summed E-state index contributed by atoms with van der Waals surface area (Å²) in [6.07, 6.45) is 1.05. The second-order valence-electron chi connectivity index (χ2n) is 10.1. The van der Waals surface area contributed by atoms with E-state index >= 15 is 0 Å². The van der Waals surface area contributed by atoms with E-state index < -0.39 is 0 Å². The predicted molar refractivity (Wildman–Crippen MR) is 131 cm³/mol. The Morgan fingerprint density at radius 1 is 0.469 bits per heavy atom. The topological polar surface area (TPSA) is 73.8 Å². The summed E-state index contributed by atoms with van der Waals surface area (Å²) in [4.78, 5) is 0. The summed E-state index contributed by atoms with van der Waals surface area (Å²) in [7, 11) is 0.0155. The third-order valence-electron chi connectivity index (χ3n) is 5.57. The standard InChI is InChI=1S/C7H15BO2.C6H13BO2.C4H9BO2.C3H7BO2/c1-6(2)7(3,4)10-8(5)9-6;1-6(2)4-8-7(3)9-5-6;1-5-6-3-2-4-7-5;1-4-5-2-3-6-4/h1-5H3;4-5H2,1-3H3;2-4H2,1H3;2-3H2,1H3. The summed E-state index contributed by atoms with van der Waals surface area (Å²) in [6.45, 7) is 25.0. The Morgan fingerprint density at radius 3 is 1.00 bits per heavy atom. The van der Waals surface area contributed by atoms with Crippen molar-refractivity contribution in [3.05, 3.63) is 0 Å². The average molecular weight is 456 g/mol. The molecular formula is C20H44B4O8. The van der Waals surface area contributed by atoms with E-state index in [0.717, 1.165) is 46.1 Å². The molecule has 0 atom stereocenters. The van der Waals surface area contributed by atoms with E-state index in [4.69, 9.17) is 37.2 Å². The number of hydrogen-bond donors (Lipinski definition) is 0. The maximum atomic E-state index is 5.54. The summed E-state index contributed by atoms with van der Waals surface area (Å²) < 4.78 is 41.6. The molecule has 4 aliphatic rings. The van der Waals surface area contributed by atoms with E-state index in [1.54, 1.807) is 0 Å². The van der Waals surface area contributed by atoms with E-state index in [9.17, 15) is 0 Å². The average Bonchev–Trinajstić information content (AvgIpc) is 3.23. The molecule has 0 spiro atoms. The van der Waals surface area contributed by atoms with Crippen LogP contribution < -0.4 is 0 Å². The van der Waals surface area contributed by atoms with Crippen molar-refractivity contribution in [3.8, 4) is 0 Å². The van der Waals surface area contributed by atoms with Crippen LogP contribution in [-0.2, 0) is 37.2 Å². The largest absolute Gasteiger partial charge is 0.454 e. The van der Waals surface area contributed by atoms with Crippen molar-refractivity contribution >= 4 is 28.5 Å². The molecule has 4 rings (SSSR count). The maximum Gasteiger partial charge on any atom is 0.454 e. The van der Waals surface area contributed by atoms with Gasteiger partial charge in [-0.1, -0.05) is 13.8 Å². The van der Waals surface area contributed by atoms with Gasteiger partial charge in [-0.05, 0) is 61.4 Å². The lowest BCUT2D eigenvalue weighted by Gasteiger charge is -2.32. The maximum absolute atomic E-state index is 5.54. The Labute approximate surface area is 197 Å². The fraction of sp³-hybridized carbons (Fsp3) is 1.00. The van der Waals surface area contributed by atoms with Crippen LogP contribution in [0.1, 0.15) is 48.0 Å². The Balaban J connectivity index is 0.000000217. The third-order valence-corrected chi connectivity index (χ3v) is 5.57. The summed E-state index contributed by atoms with van der Waals surface area (Å²) in [5.74, 6) is 0. The van der Waals surface area contributed by atoms with E-state index in [1.807, 2.05) is 27.3 Å². The monoisotopic (exact) mass is 456 g/mol. The molecule has 0 unspecified atom stereocenters. The second kappa shape index (κ2) is 13.7. The molecule has 0 aromatic heterocycles. The van der Waals surface area contributed by atoms with Gasteiger partial charge in [0.05, 0.1) is 24.4 Å². The summed E-state index contributed by atoms with van der Waals surface area (Å²) in [5, 5.41) is 0. The van der Waals surface area contributed by atoms with Crippen LogP contribution in [0.15, 0.2) is 0 Å². The normalized spacial score (nSPS) is 25.7. The summed E-state index contributed by atoms with van der Waals surface area (Å²) in [5.41, 5.74) is -0.106. The first-order valence-electron chi connectivity index (χ1n) is 11.8. The highest BCUT2D eigenvalue weighted by Gasteiger charge is 2.48. The highest BCUT2D eigenvalue weighted by molar-refractivity contribution is 6.44. The van der Waals surface area contributed by atoms with Crippen LogP contribution in [-0.4, -0.2) is 79.3 Å². The van der Waals surface area contributed by atoms with Gasteiger partial charge in [0.25, 0.3) is 0 Å². The van der Waals surface area contributed by atoms with Gasteiger partial charge in [0.1, 0.15) is 0 Å². The molecule has 4 saturated heterocycles. The molecule has 0 radical (unpaired) electrons. The quantitative estimate of drug-likeness (QED) is 0.513. The molecule has 184 valence electrons. The van der Waals surface area contributed by atoms with Crippen LogP contribution in [0.2, 0.25) is 27.3 Å². The SMILES string of the molecule is CB1OC(C)(C)C(C)(C)O1.CB1OCC(C)(C)CO1.CB1OCCCO1.CB1OCCO1. The highest BCUT2D eigenvalue weighted by Crippen LogP contribution is 2.36. The van der Waals surface area contributed by atoms with Crippen molar-refractivity contribution in [1.82, 2.24) is 0 Å². The highest BCUT2D eigenvalue weighted by atomic mass is 16.7. The zero-order valence-corrected chi connectivity index (χ0v) is 22.0. The second-order valence-corrected chi connectivity index (χ2v) is 10.1. The fourth-order valence-corrected chi connectivity index (χ4v) is 3.00. The van der Waals surface area contributed by atoms with Gasteiger partial charge < -0.3 is 37.2 Å². The lowest BCUT2D eigenvalue weighted by atomic mass is 9.86. The fourth-order valence-electron chi connectivity index (χ4n) is 3.00. The zero-order chi connectivity index (χ0) is 24.4. The molecule has 0 saturated carbocycles. The minimum Gasteiger partial charge on any atom is -0.411 e. The smallest absolute Gasteiger partial charge is 0.411 e. The Kier molecular flexibility index (Phi) is 12.9. The minimum absolute atomic E-state index is 0.00183. The third kappa shape index (κ3) is 11.9. The Hall–Kier alpha value is -0.0603. The van der Waals surface area contributed by atoms with Gasteiger partial charge in [0, 0.05) is 31.8 Å². The van der Waals surface area contributed by atoms with Gasteiger partial charge >= 0.3 is 28.5 Å². The first-order valence-corrected chi connectivity index (χ1v) is 11.8. The summed E-state index contributed by atoms with van der Waals surface area (Å²) in [6, 6.07) is 0. The van der Waals surface area contributed by atoms with Gasteiger partial charge in [-0.2, -0.15) is 0 Å². The Bertz CT molecular complexity index is 486. The molecule has 0 aromatic rings. The molecule has 4 aliphatic heterocycles.